The van der Waals surface area contributed by atoms with E-state index in [4.69, 9.17) is 0 Å². The molecule has 0 saturated carbocycles. The van der Waals surface area contributed by atoms with Gasteiger partial charge in [-0.15, -0.1) is 0 Å². The van der Waals surface area contributed by atoms with E-state index in [-0.39, 0.29) is 0 Å². The summed E-state index contributed by atoms with van der Waals surface area (Å²) in [7, 11) is 2.03. The fraction of sp³-hybridized carbons (Fsp3) is 0.481. The molecule has 2 heterocycles. The number of benzene rings is 2. The molecule has 0 aliphatic carbocycles. The van der Waals surface area contributed by atoms with Gasteiger partial charge >= 0.3 is 0 Å². The van der Waals surface area contributed by atoms with E-state index in [0.29, 0.717) is 0 Å². The predicted octanol–water partition coefficient (Wildman–Crippen LogP) is 9.21. The lowest BCUT2D eigenvalue weighted by Gasteiger charge is -2.00. The van der Waals surface area contributed by atoms with Crippen molar-refractivity contribution in [1.29, 1.82) is 0 Å². The molecule has 0 saturated heterocycles. The number of nitrogens with zero attached hydrogens (tertiary/aromatic N) is 3. The third-order valence-corrected chi connectivity index (χ3v) is 5.14. The Kier molecular flexibility index (Phi) is 17.5. The molecule has 0 N–H and O–H groups in total. The van der Waals surface area contributed by atoms with Crippen molar-refractivity contribution < 1.29 is 0 Å². The topological polar surface area (TPSA) is 30.7 Å². The predicted molar refractivity (Wildman–Crippen MR) is 145 cm³/mol. The molecule has 2 aromatic carbocycles. The summed E-state index contributed by atoms with van der Waals surface area (Å²) >= 11 is 1.58. The average Bonchev–Trinajstić information content (AvgIpc) is 3.48. The first-order valence-electron chi connectivity index (χ1n) is 11.7. The largest absolute Gasteiger partial charge is 0.334 e. The van der Waals surface area contributed by atoms with Gasteiger partial charge in [-0.3, -0.25) is 0 Å². The maximum atomic E-state index is 4.34. The summed E-state index contributed by atoms with van der Waals surface area (Å²) in [6.45, 7) is 24.5. The molecule has 4 aromatic rings. The minimum atomic E-state index is 1.12. The molecule has 0 unspecified atom stereocenters. The van der Waals surface area contributed by atoms with Gasteiger partial charge < -0.3 is 4.57 Å². The number of aryl methyl sites for hydroxylation is 5. The number of fused-ring (bicyclic) bond motifs is 2. The Morgan fingerprint density at radius 3 is 1.68 bits per heavy atom. The van der Waals surface area contributed by atoms with Crippen LogP contribution in [0.3, 0.4) is 0 Å². The Hall–Kier alpha value is -2.20. The molecule has 0 aliphatic rings. The maximum Gasteiger partial charge on any atom is 0.0955 e. The normalized spacial score (nSPS) is 8.81. The third kappa shape index (κ3) is 8.45. The van der Waals surface area contributed by atoms with E-state index in [9.17, 15) is 0 Å². The zero-order valence-corrected chi connectivity index (χ0v) is 23.0. The highest BCUT2D eigenvalue weighted by molar-refractivity contribution is 7.13. The SMILES string of the molecule is CC.CC.CC.CC.Cc1ccc(C)c2c1ncn2C.Cc1ccc(C)c2sncc12. The van der Waals surface area contributed by atoms with Crippen LogP contribution >= 0.6 is 11.5 Å². The smallest absolute Gasteiger partial charge is 0.0955 e. The summed E-state index contributed by atoms with van der Waals surface area (Å²) in [6, 6.07) is 8.55. The molecule has 4 heteroatoms. The van der Waals surface area contributed by atoms with Crippen LogP contribution in [0.4, 0.5) is 0 Å². The lowest BCUT2D eigenvalue weighted by Crippen LogP contribution is -1.87. The first-order valence-corrected chi connectivity index (χ1v) is 12.4. The van der Waals surface area contributed by atoms with Crippen LogP contribution in [-0.2, 0) is 7.05 Å². The molecule has 0 spiro atoms. The number of hydrogen-bond acceptors (Lipinski definition) is 3. The van der Waals surface area contributed by atoms with Crippen molar-refractivity contribution in [2.45, 2.75) is 83.1 Å². The summed E-state index contributed by atoms with van der Waals surface area (Å²) in [5, 5.41) is 1.30. The number of imidazole rings is 1. The van der Waals surface area contributed by atoms with E-state index in [1.165, 1.54) is 37.9 Å². The molecule has 174 valence electrons. The van der Waals surface area contributed by atoms with Crippen LogP contribution in [0.2, 0.25) is 0 Å². The Morgan fingerprint density at radius 2 is 1.16 bits per heavy atom. The van der Waals surface area contributed by atoms with Crippen LogP contribution < -0.4 is 0 Å². The van der Waals surface area contributed by atoms with Crippen molar-refractivity contribution in [3.05, 3.63) is 59.0 Å². The van der Waals surface area contributed by atoms with Crippen LogP contribution in [0, 0.1) is 27.7 Å². The first kappa shape index (κ1) is 31.0. The van der Waals surface area contributed by atoms with Crippen molar-refractivity contribution in [3.8, 4) is 0 Å². The minimum Gasteiger partial charge on any atom is -0.334 e. The lowest BCUT2D eigenvalue weighted by atomic mass is 10.1. The van der Waals surface area contributed by atoms with E-state index in [0.717, 1.165) is 5.52 Å². The quantitative estimate of drug-likeness (QED) is 0.271. The highest BCUT2D eigenvalue weighted by Gasteiger charge is 2.04. The Balaban J connectivity index is 0. The highest BCUT2D eigenvalue weighted by atomic mass is 32.1. The van der Waals surface area contributed by atoms with Gasteiger partial charge in [0.25, 0.3) is 0 Å². The van der Waals surface area contributed by atoms with E-state index >= 15 is 0 Å². The Bertz CT molecular complexity index is 945. The van der Waals surface area contributed by atoms with Crippen LogP contribution in [0.15, 0.2) is 36.8 Å². The van der Waals surface area contributed by atoms with Gasteiger partial charge in [0.2, 0.25) is 0 Å². The van der Waals surface area contributed by atoms with Gasteiger partial charge in [0.1, 0.15) is 0 Å². The summed E-state index contributed by atoms with van der Waals surface area (Å²) < 4.78 is 7.56. The fourth-order valence-electron chi connectivity index (χ4n) is 2.81. The summed E-state index contributed by atoms with van der Waals surface area (Å²) in [4.78, 5) is 4.34. The maximum absolute atomic E-state index is 4.34. The van der Waals surface area contributed by atoms with E-state index in [1.54, 1.807) is 11.5 Å². The Labute approximate surface area is 195 Å². The molecule has 4 rings (SSSR count). The third-order valence-electron chi connectivity index (χ3n) is 4.20. The molecule has 2 aromatic heterocycles. The van der Waals surface area contributed by atoms with Gasteiger partial charge in [-0.1, -0.05) is 79.7 Å². The standard InChI is InChI=1S/C10H12N2.C9H9NS.4C2H6/c1-7-4-5-8(2)10-9(7)11-6-12(10)3;1-6-3-4-7(2)9-8(6)5-10-11-9;4*1-2/h4-6H,1-3H3;3-5H,1-2H3;4*1-2H3. The fourth-order valence-corrected chi connectivity index (χ4v) is 3.60. The van der Waals surface area contributed by atoms with Crippen LogP contribution in [0.1, 0.15) is 77.6 Å². The van der Waals surface area contributed by atoms with E-state index < -0.39 is 0 Å². The first-order chi connectivity index (χ1) is 15.0. The second-order valence-electron chi connectivity index (χ2n) is 6.02. The van der Waals surface area contributed by atoms with Crippen LogP contribution in [0.5, 0.6) is 0 Å². The molecular weight excluding hydrogens is 398 g/mol. The lowest BCUT2D eigenvalue weighted by molar-refractivity contribution is 0.944. The van der Waals surface area contributed by atoms with Gasteiger partial charge in [-0.2, -0.15) is 4.37 Å². The molecule has 0 radical (unpaired) electrons. The molecule has 31 heavy (non-hydrogen) atoms. The van der Waals surface area contributed by atoms with Crippen molar-refractivity contribution in [2.24, 2.45) is 7.05 Å². The van der Waals surface area contributed by atoms with Gasteiger partial charge in [-0.05, 0) is 61.5 Å². The van der Waals surface area contributed by atoms with Crippen molar-refractivity contribution in [3.63, 3.8) is 0 Å². The van der Waals surface area contributed by atoms with Gasteiger partial charge in [0, 0.05) is 18.6 Å². The molecule has 3 nitrogen and oxygen atoms in total. The zero-order valence-electron chi connectivity index (χ0n) is 22.2. The van der Waals surface area contributed by atoms with Crippen molar-refractivity contribution in [2.75, 3.05) is 0 Å². The average molecular weight is 444 g/mol. The zero-order chi connectivity index (χ0) is 24.6. The molecule has 0 bridgehead atoms. The monoisotopic (exact) mass is 443 g/mol. The molecule has 0 atom stereocenters. The number of aromatic nitrogens is 3. The number of rotatable bonds is 0. The van der Waals surface area contributed by atoms with E-state index in [1.807, 2.05) is 75.0 Å². The second kappa shape index (κ2) is 17.5. The van der Waals surface area contributed by atoms with Gasteiger partial charge in [-0.25, -0.2) is 4.98 Å². The summed E-state index contributed by atoms with van der Waals surface area (Å²) in [5.41, 5.74) is 7.55. The van der Waals surface area contributed by atoms with E-state index in [2.05, 4.69) is 65.9 Å². The minimum absolute atomic E-state index is 1.12. The van der Waals surface area contributed by atoms with Crippen molar-refractivity contribution in [1.82, 2.24) is 13.9 Å². The molecule has 0 aliphatic heterocycles. The van der Waals surface area contributed by atoms with Gasteiger partial charge in [0.05, 0.1) is 22.1 Å². The van der Waals surface area contributed by atoms with Crippen LogP contribution in [-0.4, -0.2) is 13.9 Å². The Morgan fingerprint density at radius 1 is 0.677 bits per heavy atom. The molecular formula is C27H45N3S. The van der Waals surface area contributed by atoms with Crippen LogP contribution in [0.25, 0.3) is 21.1 Å². The summed E-state index contributed by atoms with van der Waals surface area (Å²) in [6.07, 6.45) is 3.81. The van der Waals surface area contributed by atoms with Gasteiger partial charge in [0.15, 0.2) is 0 Å². The highest BCUT2D eigenvalue weighted by Crippen LogP contribution is 2.24. The second-order valence-corrected chi connectivity index (χ2v) is 6.82. The molecule has 0 amide bonds. The molecule has 0 fully saturated rings. The van der Waals surface area contributed by atoms with Crippen molar-refractivity contribution >= 4 is 32.7 Å². The number of hydrogen-bond donors (Lipinski definition) is 0. The summed E-state index contributed by atoms with van der Waals surface area (Å²) in [5.74, 6) is 0.